The van der Waals surface area contributed by atoms with Gasteiger partial charge in [-0.1, -0.05) is 31.4 Å². The fraction of sp³-hybridized carbons (Fsp3) is 0.143. The number of hydrogen-bond donors (Lipinski definition) is 3. The number of carbonyl (C=O) groups is 2. The van der Waals surface area contributed by atoms with E-state index >= 15 is 0 Å². The number of amides is 2. The molecule has 5 heteroatoms. The smallest absolute Gasteiger partial charge is 0.247 e. The Kier molecular flexibility index (Phi) is 9.38. The molecular formula is C14H18N2O3. The highest BCUT2D eigenvalue weighted by Gasteiger charge is 1.92. The largest absolute Gasteiger partial charge is 0.395 e. The summed E-state index contributed by atoms with van der Waals surface area (Å²) in [4.78, 5) is 21.0. The highest BCUT2D eigenvalue weighted by molar-refractivity contribution is 5.98. The first-order valence-corrected chi connectivity index (χ1v) is 5.63. The molecule has 0 bridgehead atoms. The van der Waals surface area contributed by atoms with E-state index in [1.807, 2.05) is 30.3 Å². The summed E-state index contributed by atoms with van der Waals surface area (Å²) in [5.41, 5.74) is 0.789. The van der Waals surface area contributed by atoms with Crippen LogP contribution in [0, 0.1) is 0 Å². The van der Waals surface area contributed by atoms with E-state index in [4.69, 9.17) is 5.11 Å². The molecule has 0 aromatic heterocycles. The van der Waals surface area contributed by atoms with Gasteiger partial charge in [0.1, 0.15) is 0 Å². The van der Waals surface area contributed by atoms with Gasteiger partial charge < -0.3 is 15.7 Å². The fourth-order valence-electron chi connectivity index (χ4n) is 0.966. The zero-order valence-corrected chi connectivity index (χ0v) is 10.6. The number of aliphatic hydroxyl groups excluding tert-OH is 1. The fourth-order valence-corrected chi connectivity index (χ4v) is 0.966. The predicted molar refractivity (Wildman–Crippen MR) is 75.6 cm³/mol. The van der Waals surface area contributed by atoms with E-state index in [-0.39, 0.29) is 18.4 Å². The third kappa shape index (κ3) is 9.31. The van der Waals surface area contributed by atoms with Crippen LogP contribution in [0.15, 0.2) is 55.6 Å². The molecule has 19 heavy (non-hydrogen) atoms. The van der Waals surface area contributed by atoms with Crippen LogP contribution >= 0.6 is 0 Å². The zero-order valence-electron chi connectivity index (χ0n) is 10.6. The Morgan fingerprint density at radius 1 is 1.11 bits per heavy atom. The van der Waals surface area contributed by atoms with Crippen molar-refractivity contribution in [3.63, 3.8) is 0 Å². The van der Waals surface area contributed by atoms with E-state index in [9.17, 15) is 9.59 Å². The molecule has 0 unspecified atom stereocenters. The molecule has 0 saturated carbocycles. The maximum absolute atomic E-state index is 10.8. The second kappa shape index (κ2) is 10.7. The Bertz CT molecular complexity index is 416. The number of anilines is 1. The van der Waals surface area contributed by atoms with E-state index in [1.165, 1.54) is 6.08 Å². The lowest BCUT2D eigenvalue weighted by atomic mass is 10.3. The van der Waals surface area contributed by atoms with Crippen LogP contribution in [-0.2, 0) is 9.59 Å². The SMILES string of the molecule is C=CC(=O)NCCO.C=CC(=O)Nc1ccccc1. The molecule has 0 saturated heterocycles. The molecule has 5 nitrogen and oxygen atoms in total. The van der Waals surface area contributed by atoms with Crippen LogP contribution in [-0.4, -0.2) is 30.1 Å². The molecule has 1 aromatic carbocycles. The first-order valence-electron chi connectivity index (χ1n) is 5.63. The Morgan fingerprint density at radius 2 is 1.68 bits per heavy atom. The standard InChI is InChI=1S/C9H9NO.C5H9NO2/c1-2-9(11)10-8-6-4-3-5-7-8;1-2-5(8)6-3-4-7/h2-7H,1H2,(H,10,11);2,7H,1,3-4H2,(H,6,8). The molecule has 0 aliphatic carbocycles. The summed E-state index contributed by atoms with van der Waals surface area (Å²) in [7, 11) is 0. The third-order valence-electron chi connectivity index (χ3n) is 1.82. The second-order valence-corrected chi connectivity index (χ2v) is 3.28. The van der Waals surface area contributed by atoms with Crippen LogP contribution in [0.2, 0.25) is 0 Å². The van der Waals surface area contributed by atoms with Gasteiger partial charge >= 0.3 is 0 Å². The molecule has 0 radical (unpaired) electrons. The average molecular weight is 262 g/mol. The van der Waals surface area contributed by atoms with Crippen molar-refractivity contribution < 1.29 is 14.7 Å². The molecule has 0 aliphatic rings. The summed E-state index contributed by atoms with van der Waals surface area (Å²) in [5, 5.41) is 13.2. The minimum absolute atomic E-state index is 0.0282. The van der Waals surface area contributed by atoms with Crippen molar-refractivity contribution in [1.82, 2.24) is 5.32 Å². The first kappa shape index (κ1) is 16.6. The Labute approximate surface area is 112 Å². The molecule has 0 aliphatic heterocycles. The molecule has 3 N–H and O–H groups in total. The number of para-hydroxylation sites is 1. The van der Waals surface area contributed by atoms with Crippen LogP contribution in [0.25, 0.3) is 0 Å². The van der Waals surface area contributed by atoms with Crippen LogP contribution in [0.3, 0.4) is 0 Å². The number of hydrogen-bond acceptors (Lipinski definition) is 3. The Morgan fingerprint density at radius 3 is 2.16 bits per heavy atom. The van der Waals surface area contributed by atoms with Crippen LogP contribution in [0.4, 0.5) is 5.69 Å². The normalized spacial score (nSPS) is 8.47. The van der Waals surface area contributed by atoms with Gasteiger partial charge in [-0.25, -0.2) is 0 Å². The number of nitrogens with one attached hydrogen (secondary N) is 2. The zero-order chi connectivity index (χ0) is 14.5. The lowest BCUT2D eigenvalue weighted by Crippen LogP contribution is -2.23. The topological polar surface area (TPSA) is 78.4 Å². The highest BCUT2D eigenvalue weighted by atomic mass is 16.3. The lowest BCUT2D eigenvalue weighted by Gasteiger charge is -1.98. The van der Waals surface area contributed by atoms with Gasteiger partial charge in [-0.15, -0.1) is 0 Å². The summed E-state index contributed by atoms with van der Waals surface area (Å²) in [6.45, 7) is 6.83. The Balaban J connectivity index is 0.000000362. The Hall–Kier alpha value is -2.40. The van der Waals surface area contributed by atoms with Crippen molar-refractivity contribution in [3.05, 3.63) is 55.6 Å². The van der Waals surface area contributed by atoms with Crippen molar-refractivity contribution >= 4 is 17.5 Å². The molecule has 1 aromatic rings. The second-order valence-electron chi connectivity index (χ2n) is 3.28. The van der Waals surface area contributed by atoms with Gasteiger partial charge in [0.15, 0.2) is 0 Å². The van der Waals surface area contributed by atoms with Gasteiger partial charge in [-0.3, -0.25) is 9.59 Å². The predicted octanol–water partition coefficient (Wildman–Crippen LogP) is 1.09. The number of aliphatic hydroxyl groups is 1. The molecular weight excluding hydrogens is 244 g/mol. The van der Waals surface area contributed by atoms with Gasteiger partial charge in [0.25, 0.3) is 0 Å². The van der Waals surface area contributed by atoms with E-state index in [2.05, 4.69) is 23.8 Å². The van der Waals surface area contributed by atoms with E-state index < -0.39 is 0 Å². The monoisotopic (exact) mass is 262 g/mol. The summed E-state index contributed by atoms with van der Waals surface area (Å²) < 4.78 is 0. The summed E-state index contributed by atoms with van der Waals surface area (Å²) in [6, 6.07) is 9.25. The molecule has 0 atom stereocenters. The number of benzene rings is 1. The van der Waals surface area contributed by atoms with Crippen LogP contribution in [0.1, 0.15) is 0 Å². The quantitative estimate of drug-likeness (QED) is 0.695. The molecule has 0 spiro atoms. The third-order valence-corrected chi connectivity index (χ3v) is 1.82. The summed E-state index contributed by atoms with van der Waals surface area (Å²) >= 11 is 0. The van der Waals surface area contributed by atoms with Crippen molar-refractivity contribution in [2.45, 2.75) is 0 Å². The maximum Gasteiger partial charge on any atom is 0.247 e. The van der Waals surface area contributed by atoms with Crippen molar-refractivity contribution in [3.8, 4) is 0 Å². The lowest BCUT2D eigenvalue weighted by molar-refractivity contribution is -0.116. The van der Waals surface area contributed by atoms with Gasteiger partial charge in [-0.2, -0.15) is 0 Å². The van der Waals surface area contributed by atoms with Gasteiger partial charge in [0.2, 0.25) is 11.8 Å². The number of rotatable bonds is 5. The van der Waals surface area contributed by atoms with E-state index in [1.54, 1.807) is 0 Å². The summed E-state index contributed by atoms with van der Waals surface area (Å²) in [6.07, 6.45) is 2.41. The van der Waals surface area contributed by atoms with Gasteiger partial charge in [0.05, 0.1) is 6.61 Å². The summed E-state index contributed by atoms with van der Waals surface area (Å²) in [5.74, 6) is -0.435. The molecule has 102 valence electrons. The molecule has 1 rings (SSSR count). The number of carbonyl (C=O) groups excluding carboxylic acids is 2. The van der Waals surface area contributed by atoms with E-state index in [0.29, 0.717) is 6.54 Å². The van der Waals surface area contributed by atoms with Gasteiger partial charge in [0, 0.05) is 12.2 Å². The minimum atomic E-state index is -0.251. The van der Waals surface area contributed by atoms with Crippen molar-refractivity contribution in [2.75, 3.05) is 18.5 Å². The molecule has 0 heterocycles. The van der Waals surface area contributed by atoms with E-state index in [0.717, 1.165) is 11.8 Å². The maximum atomic E-state index is 10.8. The molecule has 0 fully saturated rings. The minimum Gasteiger partial charge on any atom is -0.395 e. The highest BCUT2D eigenvalue weighted by Crippen LogP contribution is 2.03. The van der Waals surface area contributed by atoms with Crippen LogP contribution in [0.5, 0.6) is 0 Å². The van der Waals surface area contributed by atoms with Crippen molar-refractivity contribution in [1.29, 1.82) is 0 Å². The van der Waals surface area contributed by atoms with Crippen LogP contribution < -0.4 is 10.6 Å². The molecule has 2 amide bonds. The average Bonchev–Trinajstić information content (AvgIpc) is 2.46. The van der Waals surface area contributed by atoms with Gasteiger partial charge in [-0.05, 0) is 24.3 Å². The van der Waals surface area contributed by atoms with Crippen molar-refractivity contribution in [2.24, 2.45) is 0 Å². The first-order chi connectivity index (χ1) is 9.13.